The second-order valence-electron chi connectivity index (χ2n) is 2.28. The summed E-state index contributed by atoms with van der Waals surface area (Å²) >= 11 is 0. The highest BCUT2D eigenvalue weighted by Gasteiger charge is 1.91. The maximum absolute atomic E-state index is 3.61. The van der Waals surface area contributed by atoms with Gasteiger partial charge in [0.2, 0.25) is 0 Å². The van der Waals surface area contributed by atoms with E-state index < -0.39 is 0 Å². The zero-order valence-electron chi connectivity index (χ0n) is 6.33. The summed E-state index contributed by atoms with van der Waals surface area (Å²) in [5, 5.41) is 0. The van der Waals surface area contributed by atoms with Gasteiger partial charge in [-0.05, 0) is 14.1 Å². The van der Waals surface area contributed by atoms with Crippen LogP contribution in [0.3, 0.4) is 0 Å². The Bertz CT molecular complexity index is 115. The van der Waals surface area contributed by atoms with Gasteiger partial charge in [0.15, 0.2) is 0 Å². The van der Waals surface area contributed by atoms with Crippen molar-refractivity contribution in [1.82, 2.24) is 4.90 Å². The van der Waals surface area contributed by atoms with E-state index in [0.717, 1.165) is 6.67 Å². The maximum Gasteiger partial charge on any atom is 0.281 e. The Hall–Kier alpha value is -0.700. The van der Waals surface area contributed by atoms with E-state index in [9.17, 15) is 0 Å². The molecule has 0 rings (SSSR count). The van der Waals surface area contributed by atoms with Crippen LogP contribution in [-0.2, 0) is 0 Å². The lowest BCUT2D eigenvalue weighted by Gasteiger charge is -2.06. The topological polar surface area (TPSA) is 18.6 Å². The van der Waals surface area contributed by atoms with Gasteiger partial charge in [0.1, 0.15) is 13.4 Å². The number of aliphatic imine (C=N–C) groups is 1. The molecule has 0 N–H and O–H groups in total. The first-order valence-corrected chi connectivity index (χ1v) is 2.81. The summed E-state index contributed by atoms with van der Waals surface area (Å²) in [5.41, 5.74) is 0. The van der Waals surface area contributed by atoms with Crippen LogP contribution in [0, 0.1) is 0 Å². The lowest BCUT2D eigenvalue weighted by Crippen LogP contribution is -2.23. The van der Waals surface area contributed by atoms with E-state index in [1.54, 1.807) is 6.34 Å². The van der Waals surface area contributed by atoms with Crippen molar-refractivity contribution < 1.29 is 4.58 Å². The van der Waals surface area contributed by atoms with Gasteiger partial charge in [-0.2, -0.15) is 0 Å². The molecule has 0 radical (unpaired) electrons. The van der Waals surface area contributed by atoms with Crippen molar-refractivity contribution >= 4 is 13.1 Å². The van der Waals surface area contributed by atoms with E-state index in [2.05, 4.69) is 16.6 Å². The minimum atomic E-state index is 0.874. The van der Waals surface area contributed by atoms with Gasteiger partial charge in [-0.15, -0.1) is 0 Å². The standard InChI is InChI=1S/C6H14N3/c1-7-5-9(4)6-8(2)3/h5H,1,6H2,2-4H3/q+1. The minimum Gasteiger partial charge on any atom is -0.274 e. The van der Waals surface area contributed by atoms with Gasteiger partial charge in [-0.1, -0.05) is 4.99 Å². The van der Waals surface area contributed by atoms with Gasteiger partial charge in [0.05, 0.1) is 7.05 Å². The molecule has 0 atom stereocenters. The van der Waals surface area contributed by atoms with Crippen molar-refractivity contribution in [3.8, 4) is 0 Å². The highest BCUT2D eigenvalue weighted by Crippen LogP contribution is 1.72. The Morgan fingerprint density at radius 1 is 1.67 bits per heavy atom. The number of hydrogen-bond donors (Lipinski definition) is 0. The Morgan fingerprint density at radius 2 is 2.22 bits per heavy atom. The van der Waals surface area contributed by atoms with Crippen LogP contribution < -0.4 is 0 Å². The highest BCUT2D eigenvalue weighted by molar-refractivity contribution is 5.57. The van der Waals surface area contributed by atoms with Crippen molar-refractivity contribution in [1.29, 1.82) is 0 Å². The fraction of sp³-hybridized carbons (Fsp3) is 0.667. The summed E-state index contributed by atoms with van der Waals surface area (Å²) in [6, 6.07) is 0. The minimum absolute atomic E-state index is 0.874. The number of nitrogens with zero attached hydrogens (tertiary/aromatic N) is 3. The van der Waals surface area contributed by atoms with Gasteiger partial charge in [-0.3, -0.25) is 9.48 Å². The highest BCUT2D eigenvalue weighted by atomic mass is 15.2. The lowest BCUT2D eigenvalue weighted by molar-refractivity contribution is -0.513. The monoisotopic (exact) mass is 128 g/mol. The van der Waals surface area contributed by atoms with Crippen LogP contribution in [0.5, 0.6) is 0 Å². The number of hydrogen-bond acceptors (Lipinski definition) is 1. The molecule has 0 aliphatic rings. The van der Waals surface area contributed by atoms with Crippen molar-refractivity contribution in [2.45, 2.75) is 0 Å². The molecular formula is C6H14N3+. The van der Waals surface area contributed by atoms with Gasteiger partial charge >= 0.3 is 0 Å². The largest absolute Gasteiger partial charge is 0.281 e. The second-order valence-corrected chi connectivity index (χ2v) is 2.28. The fourth-order valence-corrected chi connectivity index (χ4v) is 0.622. The quantitative estimate of drug-likeness (QED) is 0.224. The zero-order valence-corrected chi connectivity index (χ0v) is 6.33. The summed E-state index contributed by atoms with van der Waals surface area (Å²) in [5.74, 6) is 0. The molecule has 0 fully saturated rings. The molecule has 0 spiro atoms. The van der Waals surface area contributed by atoms with E-state index in [1.165, 1.54) is 0 Å². The molecule has 0 aliphatic heterocycles. The molecule has 9 heavy (non-hydrogen) atoms. The van der Waals surface area contributed by atoms with E-state index in [4.69, 9.17) is 0 Å². The molecular weight excluding hydrogens is 114 g/mol. The van der Waals surface area contributed by atoms with Crippen LogP contribution in [0.25, 0.3) is 0 Å². The lowest BCUT2D eigenvalue weighted by atomic mass is 10.8. The molecule has 0 bridgehead atoms. The molecule has 3 heteroatoms. The predicted octanol–water partition coefficient (Wildman–Crippen LogP) is -0.123. The maximum atomic E-state index is 3.61. The molecule has 0 aromatic carbocycles. The van der Waals surface area contributed by atoms with Crippen molar-refractivity contribution in [3.63, 3.8) is 0 Å². The summed E-state index contributed by atoms with van der Waals surface area (Å²) in [4.78, 5) is 5.67. The van der Waals surface area contributed by atoms with Crippen molar-refractivity contribution in [2.75, 3.05) is 27.8 Å². The van der Waals surface area contributed by atoms with Crippen molar-refractivity contribution in [3.05, 3.63) is 0 Å². The van der Waals surface area contributed by atoms with Crippen LogP contribution in [0.1, 0.15) is 0 Å². The summed E-state index contributed by atoms with van der Waals surface area (Å²) in [6.07, 6.45) is 1.69. The molecule has 0 amide bonds. The molecule has 52 valence electrons. The predicted molar refractivity (Wildman–Crippen MR) is 40.4 cm³/mol. The molecule has 0 heterocycles. The molecule has 0 aromatic rings. The van der Waals surface area contributed by atoms with Crippen LogP contribution in [0.4, 0.5) is 0 Å². The van der Waals surface area contributed by atoms with Gasteiger partial charge in [-0.25, -0.2) is 0 Å². The third-order valence-electron chi connectivity index (χ3n) is 0.785. The van der Waals surface area contributed by atoms with Crippen LogP contribution >= 0.6 is 0 Å². The molecule has 0 unspecified atom stereocenters. The SMILES string of the molecule is C=NC=[N+](C)CN(C)C. The van der Waals surface area contributed by atoms with E-state index >= 15 is 0 Å². The Labute approximate surface area is 56.3 Å². The van der Waals surface area contributed by atoms with E-state index in [-0.39, 0.29) is 0 Å². The Morgan fingerprint density at radius 3 is 2.56 bits per heavy atom. The molecule has 0 saturated heterocycles. The van der Waals surface area contributed by atoms with Crippen molar-refractivity contribution in [2.24, 2.45) is 4.99 Å². The summed E-state index contributed by atoms with van der Waals surface area (Å²) in [7, 11) is 5.97. The average Bonchev–Trinajstić information content (AvgIpc) is 1.63. The van der Waals surface area contributed by atoms with Crippen LogP contribution in [0.2, 0.25) is 0 Å². The second kappa shape index (κ2) is 4.21. The van der Waals surface area contributed by atoms with E-state index in [0.29, 0.717) is 0 Å². The first kappa shape index (κ1) is 8.30. The fourth-order valence-electron chi connectivity index (χ4n) is 0.622. The van der Waals surface area contributed by atoms with Gasteiger partial charge in [0.25, 0.3) is 6.34 Å². The molecule has 3 nitrogen and oxygen atoms in total. The third-order valence-corrected chi connectivity index (χ3v) is 0.785. The zero-order chi connectivity index (χ0) is 7.28. The molecule has 0 saturated carbocycles. The van der Waals surface area contributed by atoms with Gasteiger partial charge < -0.3 is 0 Å². The third kappa shape index (κ3) is 5.17. The Balaban J connectivity index is 3.61. The van der Waals surface area contributed by atoms with Crippen LogP contribution in [-0.4, -0.2) is 50.3 Å². The smallest absolute Gasteiger partial charge is 0.274 e. The van der Waals surface area contributed by atoms with Crippen LogP contribution in [0.15, 0.2) is 4.99 Å². The summed E-state index contributed by atoms with van der Waals surface area (Å²) < 4.78 is 1.95. The molecule has 0 aromatic heterocycles. The molecule has 0 aliphatic carbocycles. The average molecular weight is 128 g/mol. The normalized spacial score (nSPS) is 12.2. The summed E-state index contributed by atoms with van der Waals surface area (Å²) in [6.45, 7) is 4.22. The number of rotatable bonds is 3. The first-order chi connectivity index (χ1) is 4.16. The van der Waals surface area contributed by atoms with E-state index in [1.807, 2.05) is 25.7 Å². The first-order valence-electron chi connectivity index (χ1n) is 2.81. The Kier molecular flexibility index (Phi) is 3.88. The van der Waals surface area contributed by atoms with Gasteiger partial charge in [0, 0.05) is 0 Å².